The van der Waals surface area contributed by atoms with Gasteiger partial charge in [-0.3, -0.25) is 0 Å². The van der Waals surface area contributed by atoms with Gasteiger partial charge in [0, 0.05) is 5.38 Å². The molecule has 17 heavy (non-hydrogen) atoms. The summed E-state index contributed by atoms with van der Waals surface area (Å²) in [6, 6.07) is 0. The van der Waals surface area contributed by atoms with Crippen molar-refractivity contribution in [3.8, 4) is 0 Å². The lowest BCUT2D eigenvalue weighted by Crippen LogP contribution is -2.35. The molecule has 1 aromatic heterocycles. The number of carboxylic acid groups (broad SMARTS) is 1. The van der Waals surface area contributed by atoms with Crippen LogP contribution in [0.15, 0.2) is 5.38 Å². The molecule has 0 aliphatic rings. The summed E-state index contributed by atoms with van der Waals surface area (Å²) in [4.78, 5) is 13.8. The minimum Gasteiger partial charge on any atom is -0.476 e. The van der Waals surface area contributed by atoms with Crippen LogP contribution in [0.4, 0.5) is 13.2 Å². The summed E-state index contributed by atoms with van der Waals surface area (Å²) in [5.41, 5.74) is -5.75. The Morgan fingerprint density at radius 2 is 2.12 bits per heavy atom. The molecular weight excluding hydrogens is 285 g/mol. The summed E-state index contributed by atoms with van der Waals surface area (Å²) in [6.07, 6.45) is 0. The molecule has 0 radical (unpaired) electrons. The van der Waals surface area contributed by atoms with Crippen LogP contribution < -0.4 is 4.72 Å². The Hall–Kier alpha value is -1.20. The van der Waals surface area contributed by atoms with E-state index in [1.54, 1.807) is 0 Å². The van der Waals surface area contributed by atoms with Gasteiger partial charge in [0.05, 0.1) is 6.54 Å². The Kier molecular flexibility index (Phi) is 3.74. The molecule has 6 nitrogen and oxygen atoms in total. The molecule has 0 aliphatic carbocycles. The van der Waals surface area contributed by atoms with Crippen LogP contribution in [-0.4, -0.2) is 30.0 Å². The SMILES string of the molecule is O=C(O)c1csc(CNS(=O)(=O)C(F)(F)F)n1. The van der Waals surface area contributed by atoms with Gasteiger partial charge in [-0.15, -0.1) is 11.3 Å². The number of carboxylic acids is 1. The molecule has 1 aromatic rings. The molecule has 0 saturated heterocycles. The number of nitrogens with one attached hydrogen (secondary N) is 1. The number of hydrogen-bond acceptors (Lipinski definition) is 5. The van der Waals surface area contributed by atoms with Crippen molar-refractivity contribution >= 4 is 27.3 Å². The number of rotatable bonds is 4. The van der Waals surface area contributed by atoms with E-state index in [9.17, 15) is 26.4 Å². The van der Waals surface area contributed by atoms with Crippen molar-refractivity contribution in [1.29, 1.82) is 0 Å². The van der Waals surface area contributed by atoms with E-state index in [2.05, 4.69) is 4.98 Å². The van der Waals surface area contributed by atoms with E-state index in [4.69, 9.17) is 5.11 Å². The molecule has 0 aliphatic heterocycles. The Bertz CT molecular complexity index is 522. The van der Waals surface area contributed by atoms with Crippen molar-refractivity contribution in [2.45, 2.75) is 12.1 Å². The highest BCUT2D eigenvalue weighted by Crippen LogP contribution is 2.22. The fourth-order valence-corrected chi connectivity index (χ4v) is 2.02. The fraction of sp³-hybridized carbons (Fsp3) is 0.333. The highest BCUT2D eigenvalue weighted by molar-refractivity contribution is 7.90. The predicted octanol–water partition coefficient (Wildman–Crippen LogP) is 0.781. The van der Waals surface area contributed by atoms with E-state index in [1.807, 2.05) is 0 Å². The summed E-state index contributed by atoms with van der Waals surface area (Å²) < 4.78 is 58.2. The van der Waals surface area contributed by atoms with Crippen molar-refractivity contribution < 1.29 is 31.5 Å². The number of carbonyl (C=O) groups is 1. The van der Waals surface area contributed by atoms with Gasteiger partial charge < -0.3 is 5.11 Å². The fourth-order valence-electron chi connectivity index (χ4n) is 0.729. The Morgan fingerprint density at radius 3 is 2.53 bits per heavy atom. The molecule has 0 bridgehead atoms. The summed E-state index contributed by atoms with van der Waals surface area (Å²) in [5.74, 6) is -1.34. The van der Waals surface area contributed by atoms with Crippen LogP contribution >= 0.6 is 11.3 Å². The number of nitrogens with zero attached hydrogens (tertiary/aromatic N) is 1. The standard InChI is InChI=1S/C6H5F3N2O4S2/c7-6(8,9)17(14,15)10-1-4-11-3(2-16-4)5(12)13/h2,10H,1H2,(H,12,13). The van der Waals surface area contributed by atoms with Crippen molar-refractivity contribution in [2.24, 2.45) is 0 Å². The van der Waals surface area contributed by atoms with Gasteiger partial charge in [0.1, 0.15) is 5.01 Å². The Labute approximate surface area is 97.1 Å². The van der Waals surface area contributed by atoms with Gasteiger partial charge in [0.2, 0.25) is 0 Å². The summed E-state index contributed by atoms with van der Waals surface area (Å²) >= 11 is 0.743. The lowest BCUT2D eigenvalue weighted by atomic mass is 10.5. The molecule has 0 saturated carbocycles. The van der Waals surface area contributed by atoms with Crippen LogP contribution in [0.2, 0.25) is 0 Å². The first-order valence-corrected chi connectivity index (χ1v) is 6.23. The zero-order valence-electron chi connectivity index (χ0n) is 7.85. The van der Waals surface area contributed by atoms with Gasteiger partial charge in [0.15, 0.2) is 5.69 Å². The van der Waals surface area contributed by atoms with Gasteiger partial charge in [0.25, 0.3) is 0 Å². The first-order chi connectivity index (χ1) is 7.63. The zero-order valence-corrected chi connectivity index (χ0v) is 9.49. The first-order valence-electron chi connectivity index (χ1n) is 3.87. The molecule has 0 fully saturated rings. The third-order valence-corrected chi connectivity index (χ3v) is 3.47. The average Bonchev–Trinajstić information content (AvgIpc) is 2.61. The Morgan fingerprint density at radius 1 is 1.53 bits per heavy atom. The monoisotopic (exact) mass is 290 g/mol. The quantitative estimate of drug-likeness (QED) is 0.854. The maximum absolute atomic E-state index is 11.9. The second-order valence-corrected chi connectivity index (χ2v) is 5.40. The molecular formula is C6H5F3N2O4S2. The van der Waals surface area contributed by atoms with Crippen LogP contribution in [0.5, 0.6) is 0 Å². The molecule has 96 valence electrons. The number of thiazole rings is 1. The van der Waals surface area contributed by atoms with Gasteiger partial charge in [-0.1, -0.05) is 0 Å². The second-order valence-electron chi connectivity index (χ2n) is 2.70. The molecule has 0 atom stereocenters. The van der Waals surface area contributed by atoms with E-state index in [0.29, 0.717) is 0 Å². The number of aromatic carboxylic acids is 1. The first kappa shape index (κ1) is 13.9. The lowest BCUT2D eigenvalue weighted by molar-refractivity contribution is -0.0448. The van der Waals surface area contributed by atoms with Crippen molar-refractivity contribution in [2.75, 3.05) is 0 Å². The van der Waals surface area contributed by atoms with Gasteiger partial charge >= 0.3 is 21.5 Å². The smallest absolute Gasteiger partial charge is 0.476 e. The number of halogens is 3. The Balaban J connectivity index is 2.71. The molecule has 0 aromatic carbocycles. The average molecular weight is 290 g/mol. The third kappa shape index (κ3) is 3.38. The number of alkyl halides is 3. The molecule has 0 unspecified atom stereocenters. The van der Waals surface area contributed by atoms with E-state index < -0.39 is 28.0 Å². The van der Waals surface area contributed by atoms with Crippen LogP contribution in [-0.2, 0) is 16.6 Å². The van der Waals surface area contributed by atoms with Gasteiger partial charge in [-0.05, 0) is 0 Å². The highest BCUT2D eigenvalue weighted by Gasteiger charge is 2.45. The van der Waals surface area contributed by atoms with Crippen LogP contribution in [0.25, 0.3) is 0 Å². The normalized spacial score (nSPS) is 12.6. The molecule has 11 heteroatoms. The van der Waals surface area contributed by atoms with Crippen LogP contribution in [0.1, 0.15) is 15.5 Å². The highest BCUT2D eigenvalue weighted by atomic mass is 32.2. The minimum atomic E-state index is -5.44. The molecule has 2 N–H and O–H groups in total. The maximum atomic E-state index is 11.9. The van der Waals surface area contributed by atoms with E-state index in [1.165, 1.54) is 4.72 Å². The molecule has 0 spiro atoms. The van der Waals surface area contributed by atoms with E-state index in [0.717, 1.165) is 16.7 Å². The number of sulfonamides is 1. The largest absolute Gasteiger partial charge is 0.511 e. The molecule has 1 heterocycles. The summed E-state index contributed by atoms with van der Waals surface area (Å²) in [7, 11) is -5.44. The topological polar surface area (TPSA) is 96.4 Å². The van der Waals surface area contributed by atoms with Crippen molar-refractivity contribution in [3.63, 3.8) is 0 Å². The van der Waals surface area contributed by atoms with Crippen molar-refractivity contribution in [3.05, 3.63) is 16.1 Å². The lowest BCUT2D eigenvalue weighted by Gasteiger charge is -2.07. The molecule has 1 rings (SSSR count). The third-order valence-electron chi connectivity index (χ3n) is 1.49. The second kappa shape index (κ2) is 4.58. The van der Waals surface area contributed by atoms with Gasteiger partial charge in [-0.2, -0.15) is 13.2 Å². The maximum Gasteiger partial charge on any atom is 0.511 e. The van der Waals surface area contributed by atoms with Gasteiger partial charge in [-0.25, -0.2) is 22.9 Å². The number of aromatic nitrogens is 1. The minimum absolute atomic E-state index is 0.0739. The summed E-state index contributed by atoms with van der Waals surface area (Å²) in [6.45, 7) is -0.709. The zero-order chi connectivity index (χ0) is 13.3. The van der Waals surface area contributed by atoms with Crippen LogP contribution in [0, 0.1) is 0 Å². The van der Waals surface area contributed by atoms with E-state index >= 15 is 0 Å². The van der Waals surface area contributed by atoms with Crippen molar-refractivity contribution in [1.82, 2.24) is 9.71 Å². The number of hydrogen-bond donors (Lipinski definition) is 2. The van der Waals surface area contributed by atoms with Crippen LogP contribution in [0.3, 0.4) is 0 Å². The predicted molar refractivity (Wildman–Crippen MR) is 50.9 cm³/mol. The summed E-state index contributed by atoms with van der Waals surface area (Å²) in [5, 5.41) is 9.50. The van der Waals surface area contributed by atoms with E-state index in [-0.39, 0.29) is 10.7 Å². The molecule has 0 amide bonds.